The zero-order chi connectivity index (χ0) is 21.9. The zero-order valence-electron chi connectivity index (χ0n) is 17.5. The highest BCUT2D eigenvalue weighted by atomic mass is 35.5. The predicted molar refractivity (Wildman–Crippen MR) is 118 cm³/mol. The number of rotatable bonds is 7. The number of ether oxygens (including phenoxy) is 1. The Hall–Kier alpha value is -2.09. The summed E-state index contributed by atoms with van der Waals surface area (Å²) in [6.07, 6.45) is 1.69. The summed E-state index contributed by atoms with van der Waals surface area (Å²) >= 11 is 6.32. The molecule has 1 heterocycles. The van der Waals surface area contributed by atoms with Crippen LogP contribution in [0.3, 0.4) is 0 Å². The van der Waals surface area contributed by atoms with Crippen LogP contribution >= 0.6 is 11.6 Å². The number of hydrogen-bond donors (Lipinski definition) is 0. The summed E-state index contributed by atoms with van der Waals surface area (Å²) in [5.41, 5.74) is 1.11. The lowest BCUT2D eigenvalue weighted by molar-refractivity contribution is 0.0702. The smallest absolute Gasteiger partial charge is 0.255 e. The van der Waals surface area contributed by atoms with E-state index in [-0.39, 0.29) is 27.4 Å². The second-order valence-electron chi connectivity index (χ2n) is 7.30. The van der Waals surface area contributed by atoms with Gasteiger partial charge in [-0.3, -0.25) is 4.79 Å². The van der Waals surface area contributed by atoms with Gasteiger partial charge in [-0.15, -0.1) is 0 Å². The van der Waals surface area contributed by atoms with Crippen LogP contribution in [0.25, 0.3) is 0 Å². The number of nitrogens with zero attached hydrogens (tertiary/aromatic N) is 2. The van der Waals surface area contributed by atoms with E-state index in [0.29, 0.717) is 25.4 Å². The van der Waals surface area contributed by atoms with Crippen LogP contribution < -0.4 is 4.74 Å². The maximum absolute atomic E-state index is 13.4. The number of hydrogen-bond acceptors (Lipinski definition) is 4. The molecule has 3 rings (SSSR count). The molecule has 6 nitrogen and oxygen atoms in total. The van der Waals surface area contributed by atoms with Gasteiger partial charge in [0.05, 0.1) is 28.6 Å². The minimum atomic E-state index is -3.64. The Kier molecular flexibility index (Phi) is 7.06. The average Bonchev–Trinajstić information content (AvgIpc) is 3.30. The number of carbonyl (C=O) groups excluding carboxylic acids is 1. The second-order valence-corrected chi connectivity index (χ2v) is 9.64. The van der Waals surface area contributed by atoms with E-state index in [2.05, 4.69) is 0 Å². The molecule has 1 aliphatic rings. The Bertz CT molecular complexity index is 1020. The monoisotopic (exact) mass is 450 g/mol. The van der Waals surface area contributed by atoms with Gasteiger partial charge < -0.3 is 9.64 Å². The first-order valence-corrected chi connectivity index (χ1v) is 11.9. The molecular formula is C22H27ClN2O4S. The number of halogens is 1. The number of benzene rings is 2. The van der Waals surface area contributed by atoms with E-state index in [1.807, 2.05) is 38.1 Å². The number of amides is 1. The van der Waals surface area contributed by atoms with E-state index < -0.39 is 10.0 Å². The van der Waals surface area contributed by atoms with Gasteiger partial charge in [0.1, 0.15) is 5.75 Å². The third-order valence-corrected chi connectivity index (χ3v) is 7.74. The molecule has 1 amide bonds. The van der Waals surface area contributed by atoms with Gasteiger partial charge in [0.25, 0.3) is 5.91 Å². The molecule has 0 aliphatic carbocycles. The molecule has 0 aromatic heterocycles. The van der Waals surface area contributed by atoms with Crippen LogP contribution in [0.4, 0.5) is 0 Å². The van der Waals surface area contributed by atoms with Crippen molar-refractivity contribution >= 4 is 27.5 Å². The molecule has 1 saturated heterocycles. The lowest BCUT2D eigenvalue weighted by Gasteiger charge is -2.29. The lowest BCUT2D eigenvalue weighted by atomic mass is 10.0. The Morgan fingerprint density at radius 2 is 1.90 bits per heavy atom. The molecule has 162 valence electrons. The number of carbonyl (C=O) groups is 1. The molecule has 1 fully saturated rings. The normalized spacial score (nSPS) is 15.7. The molecule has 0 N–H and O–H groups in total. The van der Waals surface area contributed by atoms with Crippen LogP contribution in [0.1, 0.15) is 48.7 Å². The summed E-state index contributed by atoms with van der Waals surface area (Å²) in [5.74, 6) is 0.399. The SMILES string of the molecule is CCN(C(=O)c1cc(S(=O)(=O)N2CCCC2)ccc1Cl)C(C)c1cccc(OC)c1. The van der Waals surface area contributed by atoms with E-state index in [1.165, 1.54) is 22.5 Å². The van der Waals surface area contributed by atoms with Gasteiger partial charge in [-0.05, 0) is 62.6 Å². The predicted octanol–water partition coefficient (Wildman–Crippen LogP) is 4.36. The van der Waals surface area contributed by atoms with E-state index >= 15 is 0 Å². The van der Waals surface area contributed by atoms with Crippen LogP contribution in [0, 0.1) is 0 Å². The van der Waals surface area contributed by atoms with Gasteiger partial charge >= 0.3 is 0 Å². The molecule has 0 radical (unpaired) electrons. The van der Waals surface area contributed by atoms with Crippen molar-refractivity contribution in [2.45, 2.75) is 37.6 Å². The number of methoxy groups -OCH3 is 1. The highest BCUT2D eigenvalue weighted by molar-refractivity contribution is 7.89. The van der Waals surface area contributed by atoms with E-state index in [1.54, 1.807) is 12.0 Å². The zero-order valence-corrected chi connectivity index (χ0v) is 19.0. The molecular weight excluding hydrogens is 424 g/mol. The summed E-state index contributed by atoms with van der Waals surface area (Å²) in [5, 5.41) is 0.233. The highest BCUT2D eigenvalue weighted by Gasteiger charge is 2.30. The first-order valence-electron chi connectivity index (χ1n) is 10.0. The summed E-state index contributed by atoms with van der Waals surface area (Å²) in [6.45, 7) is 5.25. The summed E-state index contributed by atoms with van der Waals surface area (Å²) in [4.78, 5) is 15.1. The number of sulfonamides is 1. The van der Waals surface area contributed by atoms with Gasteiger partial charge in [-0.1, -0.05) is 23.7 Å². The van der Waals surface area contributed by atoms with Crippen LogP contribution in [0.2, 0.25) is 5.02 Å². The Labute approximate surface area is 183 Å². The van der Waals surface area contributed by atoms with Crippen molar-refractivity contribution in [1.29, 1.82) is 0 Å². The third kappa shape index (κ3) is 4.48. The summed E-state index contributed by atoms with van der Waals surface area (Å²) in [7, 11) is -2.04. The van der Waals surface area contributed by atoms with Crippen molar-refractivity contribution in [2.24, 2.45) is 0 Å². The Morgan fingerprint density at radius 1 is 1.20 bits per heavy atom. The fourth-order valence-corrected chi connectivity index (χ4v) is 5.48. The molecule has 1 atom stereocenters. The van der Waals surface area contributed by atoms with Crippen molar-refractivity contribution in [3.8, 4) is 5.75 Å². The van der Waals surface area contributed by atoms with Crippen molar-refractivity contribution in [1.82, 2.24) is 9.21 Å². The fraction of sp³-hybridized carbons (Fsp3) is 0.409. The molecule has 8 heteroatoms. The maximum Gasteiger partial charge on any atom is 0.255 e. The van der Waals surface area contributed by atoms with Crippen LogP contribution in [-0.4, -0.2) is 50.3 Å². The van der Waals surface area contributed by atoms with Gasteiger partial charge in [-0.25, -0.2) is 8.42 Å². The van der Waals surface area contributed by atoms with Crippen molar-refractivity contribution in [3.63, 3.8) is 0 Å². The largest absolute Gasteiger partial charge is 0.497 e. The lowest BCUT2D eigenvalue weighted by Crippen LogP contribution is -2.34. The molecule has 30 heavy (non-hydrogen) atoms. The Balaban J connectivity index is 1.94. The topological polar surface area (TPSA) is 66.9 Å². The molecule has 1 aliphatic heterocycles. The molecule has 0 spiro atoms. The third-order valence-electron chi connectivity index (χ3n) is 5.52. The Morgan fingerprint density at radius 3 is 2.53 bits per heavy atom. The van der Waals surface area contributed by atoms with Crippen LogP contribution in [0.5, 0.6) is 5.75 Å². The highest BCUT2D eigenvalue weighted by Crippen LogP contribution is 2.29. The fourth-order valence-electron chi connectivity index (χ4n) is 3.74. The van der Waals surface area contributed by atoms with Gasteiger partial charge in [0, 0.05) is 19.6 Å². The minimum Gasteiger partial charge on any atom is -0.497 e. The van der Waals surface area contributed by atoms with E-state index in [9.17, 15) is 13.2 Å². The van der Waals surface area contributed by atoms with Crippen LogP contribution in [-0.2, 0) is 10.0 Å². The van der Waals surface area contributed by atoms with Crippen LogP contribution in [0.15, 0.2) is 47.4 Å². The molecule has 2 aromatic carbocycles. The van der Waals surface area contributed by atoms with E-state index in [0.717, 1.165) is 18.4 Å². The standard InChI is InChI=1S/C22H27ClN2O4S/c1-4-25(16(2)17-8-7-9-18(14-17)29-3)22(26)20-15-19(10-11-21(20)23)30(27,28)24-12-5-6-13-24/h7-11,14-16H,4-6,12-13H2,1-3H3. The summed E-state index contributed by atoms with van der Waals surface area (Å²) in [6, 6.07) is 11.6. The average molecular weight is 451 g/mol. The molecule has 0 saturated carbocycles. The van der Waals surface area contributed by atoms with Gasteiger partial charge in [-0.2, -0.15) is 4.31 Å². The first-order chi connectivity index (χ1) is 14.3. The van der Waals surface area contributed by atoms with E-state index in [4.69, 9.17) is 16.3 Å². The molecule has 2 aromatic rings. The van der Waals surface area contributed by atoms with Gasteiger partial charge in [0.2, 0.25) is 10.0 Å². The first kappa shape index (κ1) is 22.6. The summed E-state index contributed by atoms with van der Waals surface area (Å²) < 4.78 is 32.6. The van der Waals surface area contributed by atoms with Crippen molar-refractivity contribution in [2.75, 3.05) is 26.7 Å². The molecule has 0 bridgehead atoms. The minimum absolute atomic E-state index is 0.0993. The molecule has 1 unspecified atom stereocenters. The van der Waals surface area contributed by atoms with Gasteiger partial charge in [0.15, 0.2) is 0 Å². The second kappa shape index (κ2) is 9.37. The van der Waals surface area contributed by atoms with Crippen molar-refractivity contribution in [3.05, 3.63) is 58.6 Å². The quantitative estimate of drug-likeness (QED) is 0.628. The maximum atomic E-state index is 13.4. The van der Waals surface area contributed by atoms with Crippen molar-refractivity contribution < 1.29 is 17.9 Å².